The molecular formula is C21H19F3N4O3. The lowest BCUT2D eigenvalue weighted by molar-refractivity contribution is -0.137. The third-order valence-electron chi connectivity index (χ3n) is 5.05. The van der Waals surface area contributed by atoms with Crippen molar-refractivity contribution in [3.8, 4) is 0 Å². The number of ether oxygens (including phenoxy) is 1. The Balaban J connectivity index is 1.43. The van der Waals surface area contributed by atoms with Gasteiger partial charge < -0.3 is 9.64 Å². The highest BCUT2D eigenvalue weighted by Crippen LogP contribution is 2.30. The fourth-order valence-corrected chi connectivity index (χ4v) is 3.41. The van der Waals surface area contributed by atoms with Gasteiger partial charge in [0, 0.05) is 12.7 Å². The van der Waals surface area contributed by atoms with E-state index in [1.54, 1.807) is 36.2 Å². The highest BCUT2D eigenvalue weighted by atomic mass is 19.4. The Hall–Kier alpha value is -3.27. The molecule has 4 rings (SSSR count). The van der Waals surface area contributed by atoms with E-state index in [1.807, 2.05) is 0 Å². The zero-order valence-corrected chi connectivity index (χ0v) is 16.6. The van der Waals surface area contributed by atoms with Crippen molar-refractivity contribution in [2.24, 2.45) is 0 Å². The molecule has 1 saturated heterocycles. The largest absolute Gasteiger partial charge is 0.416 e. The van der Waals surface area contributed by atoms with Gasteiger partial charge in [-0.05, 0) is 41.8 Å². The van der Waals surface area contributed by atoms with Crippen molar-refractivity contribution in [1.29, 1.82) is 0 Å². The molecule has 1 amide bonds. The minimum absolute atomic E-state index is 0.171. The maximum atomic E-state index is 12.9. The Kier molecular flexibility index (Phi) is 5.73. The number of nitrogens with zero attached hydrogens (tertiary/aromatic N) is 4. The normalized spacial score (nSPS) is 17.0. The van der Waals surface area contributed by atoms with E-state index >= 15 is 0 Å². The number of aromatic nitrogens is 3. The van der Waals surface area contributed by atoms with Crippen LogP contribution in [0.2, 0.25) is 0 Å². The van der Waals surface area contributed by atoms with E-state index in [9.17, 15) is 18.0 Å². The number of hydrogen-bond donors (Lipinski definition) is 0. The van der Waals surface area contributed by atoms with Gasteiger partial charge in [0.15, 0.2) is 5.69 Å². The van der Waals surface area contributed by atoms with Crippen LogP contribution in [0.5, 0.6) is 0 Å². The lowest BCUT2D eigenvalue weighted by Crippen LogP contribution is -2.42. The second-order valence-electron chi connectivity index (χ2n) is 7.28. The first kappa shape index (κ1) is 21.0. The van der Waals surface area contributed by atoms with E-state index in [1.165, 1.54) is 6.07 Å². The SMILES string of the molecule is Cc1nonc1C(=O)N1CCO[C@H](c2ccc(Cc3cccc(C(F)(F)F)c3)cn2)C1. The Morgan fingerprint density at radius 1 is 1.19 bits per heavy atom. The van der Waals surface area contributed by atoms with E-state index in [4.69, 9.17) is 4.74 Å². The minimum Gasteiger partial charge on any atom is -0.368 e. The number of benzene rings is 1. The molecule has 0 bridgehead atoms. The van der Waals surface area contributed by atoms with Crippen molar-refractivity contribution in [2.75, 3.05) is 19.7 Å². The Labute approximate surface area is 175 Å². The molecule has 1 atom stereocenters. The fourth-order valence-electron chi connectivity index (χ4n) is 3.41. The first-order valence-corrected chi connectivity index (χ1v) is 9.62. The van der Waals surface area contributed by atoms with Gasteiger partial charge in [-0.15, -0.1) is 0 Å². The summed E-state index contributed by atoms with van der Waals surface area (Å²) in [5.41, 5.74) is 1.88. The van der Waals surface area contributed by atoms with E-state index in [-0.39, 0.29) is 11.6 Å². The average molecular weight is 432 g/mol. The molecule has 3 aromatic rings. The van der Waals surface area contributed by atoms with E-state index < -0.39 is 17.8 Å². The van der Waals surface area contributed by atoms with Gasteiger partial charge in [0.25, 0.3) is 5.91 Å². The Morgan fingerprint density at radius 3 is 2.71 bits per heavy atom. The van der Waals surface area contributed by atoms with Gasteiger partial charge >= 0.3 is 6.18 Å². The summed E-state index contributed by atoms with van der Waals surface area (Å²) in [6, 6.07) is 8.81. The zero-order chi connectivity index (χ0) is 22.0. The smallest absolute Gasteiger partial charge is 0.368 e. The number of carbonyl (C=O) groups excluding carboxylic acids is 1. The summed E-state index contributed by atoms with van der Waals surface area (Å²) in [7, 11) is 0. The van der Waals surface area contributed by atoms with Crippen molar-refractivity contribution in [1.82, 2.24) is 20.2 Å². The topological polar surface area (TPSA) is 81.4 Å². The van der Waals surface area contributed by atoms with Crippen molar-refractivity contribution < 1.29 is 27.3 Å². The number of alkyl halides is 3. The molecule has 0 unspecified atom stereocenters. The summed E-state index contributed by atoms with van der Waals surface area (Å²) in [4.78, 5) is 18.6. The van der Waals surface area contributed by atoms with Crippen molar-refractivity contribution >= 4 is 5.91 Å². The molecule has 7 nitrogen and oxygen atoms in total. The molecule has 1 fully saturated rings. The fraction of sp³-hybridized carbons (Fsp3) is 0.333. The summed E-state index contributed by atoms with van der Waals surface area (Å²) in [6.07, 6.45) is -2.85. The van der Waals surface area contributed by atoms with Gasteiger partial charge in [-0.25, -0.2) is 4.63 Å². The van der Waals surface area contributed by atoms with Crippen LogP contribution in [-0.2, 0) is 17.3 Å². The molecule has 162 valence electrons. The number of carbonyl (C=O) groups is 1. The van der Waals surface area contributed by atoms with Crippen LogP contribution in [0.3, 0.4) is 0 Å². The second kappa shape index (κ2) is 8.46. The molecule has 10 heteroatoms. The molecular weight excluding hydrogens is 413 g/mol. The number of amides is 1. The van der Waals surface area contributed by atoms with Crippen LogP contribution in [0.15, 0.2) is 47.2 Å². The van der Waals surface area contributed by atoms with E-state index in [0.29, 0.717) is 43.1 Å². The molecule has 1 aliphatic rings. The van der Waals surface area contributed by atoms with Gasteiger partial charge in [0.05, 0.1) is 24.4 Å². The third kappa shape index (κ3) is 4.74. The summed E-state index contributed by atoms with van der Waals surface area (Å²) in [5, 5.41) is 7.29. The third-order valence-corrected chi connectivity index (χ3v) is 5.05. The lowest BCUT2D eigenvalue weighted by Gasteiger charge is -2.32. The van der Waals surface area contributed by atoms with Crippen LogP contribution < -0.4 is 0 Å². The zero-order valence-electron chi connectivity index (χ0n) is 16.6. The maximum Gasteiger partial charge on any atom is 0.416 e. The van der Waals surface area contributed by atoms with Crippen molar-refractivity contribution in [2.45, 2.75) is 25.6 Å². The van der Waals surface area contributed by atoms with Crippen LogP contribution >= 0.6 is 0 Å². The number of pyridine rings is 1. The number of rotatable bonds is 4. The van der Waals surface area contributed by atoms with Gasteiger partial charge in [-0.2, -0.15) is 13.2 Å². The maximum absolute atomic E-state index is 12.9. The molecule has 0 N–H and O–H groups in total. The molecule has 1 aliphatic heterocycles. The first-order chi connectivity index (χ1) is 14.8. The molecule has 1 aromatic carbocycles. The van der Waals surface area contributed by atoms with Crippen molar-refractivity contribution in [3.63, 3.8) is 0 Å². The monoisotopic (exact) mass is 432 g/mol. The van der Waals surface area contributed by atoms with Crippen LogP contribution in [0.1, 0.15) is 44.7 Å². The summed E-state index contributed by atoms with van der Waals surface area (Å²) in [5.74, 6) is -0.284. The highest BCUT2D eigenvalue weighted by Gasteiger charge is 2.31. The summed E-state index contributed by atoms with van der Waals surface area (Å²) < 4.78 is 49.1. The van der Waals surface area contributed by atoms with Crippen LogP contribution in [0, 0.1) is 6.92 Å². The van der Waals surface area contributed by atoms with E-state index in [0.717, 1.165) is 17.7 Å². The quantitative estimate of drug-likeness (QED) is 0.627. The van der Waals surface area contributed by atoms with Gasteiger partial charge in [0.1, 0.15) is 11.8 Å². The number of aryl methyl sites for hydroxylation is 1. The van der Waals surface area contributed by atoms with Gasteiger partial charge in [-0.3, -0.25) is 9.78 Å². The van der Waals surface area contributed by atoms with Gasteiger partial charge in [0.2, 0.25) is 0 Å². The highest BCUT2D eigenvalue weighted by molar-refractivity contribution is 5.93. The molecule has 0 aliphatic carbocycles. The lowest BCUT2D eigenvalue weighted by atomic mass is 10.0. The molecule has 0 radical (unpaired) electrons. The summed E-state index contributed by atoms with van der Waals surface area (Å²) in [6.45, 7) is 2.70. The average Bonchev–Trinajstić information content (AvgIpc) is 3.19. The first-order valence-electron chi connectivity index (χ1n) is 9.62. The molecule has 3 heterocycles. The molecule has 0 spiro atoms. The van der Waals surface area contributed by atoms with Gasteiger partial charge in [-0.1, -0.05) is 29.4 Å². The Morgan fingerprint density at radius 2 is 2.03 bits per heavy atom. The molecule has 2 aromatic heterocycles. The van der Waals surface area contributed by atoms with Crippen LogP contribution in [-0.4, -0.2) is 45.8 Å². The standard InChI is InChI=1S/C21H19F3N4O3/c1-13-19(27-31-26-13)20(29)28-7-8-30-18(12-28)17-6-5-15(11-25-17)9-14-3-2-4-16(10-14)21(22,23)24/h2-6,10-11,18H,7-9,12H2,1H3/t18-/m0/s1. The molecule has 0 saturated carbocycles. The van der Waals surface area contributed by atoms with E-state index in [2.05, 4.69) is 19.9 Å². The Bertz CT molecular complexity index is 1070. The predicted molar refractivity (Wildman–Crippen MR) is 102 cm³/mol. The number of halogens is 3. The van der Waals surface area contributed by atoms with Crippen LogP contribution in [0.25, 0.3) is 0 Å². The molecule has 31 heavy (non-hydrogen) atoms. The summed E-state index contributed by atoms with van der Waals surface area (Å²) >= 11 is 0. The number of morpholine rings is 1. The van der Waals surface area contributed by atoms with Crippen molar-refractivity contribution in [3.05, 3.63) is 76.4 Å². The minimum atomic E-state index is -4.37. The predicted octanol–water partition coefficient (Wildman–Crippen LogP) is 3.60. The second-order valence-corrected chi connectivity index (χ2v) is 7.28. The number of hydrogen-bond acceptors (Lipinski definition) is 6. The van der Waals surface area contributed by atoms with Crippen LogP contribution in [0.4, 0.5) is 13.2 Å².